The van der Waals surface area contributed by atoms with Crippen molar-refractivity contribution in [1.82, 2.24) is 0 Å². The minimum absolute atomic E-state index is 0.0391. The molecule has 3 nitrogen and oxygen atoms in total. The van der Waals surface area contributed by atoms with Gasteiger partial charge in [-0.2, -0.15) is 0 Å². The minimum atomic E-state index is -0.810. The van der Waals surface area contributed by atoms with Crippen LogP contribution in [0.25, 0.3) is 0 Å². The molecule has 0 aromatic rings. The fraction of sp³-hybridized carbons (Fsp3) is 0.375. The van der Waals surface area contributed by atoms with Crippen LogP contribution in [0.4, 0.5) is 0 Å². The van der Waals surface area contributed by atoms with Crippen molar-refractivity contribution in [3.05, 3.63) is 49.1 Å². The van der Waals surface area contributed by atoms with Crippen molar-refractivity contribution in [2.75, 3.05) is 0 Å². The van der Waals surface area contributed by atoms with Crippen LogP contribution >= 0.6 is 0 Å². The Kier molecular flexibility index (Phi) is 11.3. The molecule has 0 aliphatic heterocycles. The van der Waals surface area contributed by atoms with E-state index in [1.54, 1.807) is 6.08 Å². The Balaban J connectivity index is 3.63. The molecule has 0 saturated carbocycles. The van der Waals surface area contributed by atoms with Crippen molar-refractivity contribution in [2.45, 2.75) is 38.5 Å². The highest BCUT2D eigenvalue weighted by molar-refractivity contribution is 5.89. The van der Waals surface area contributed by atoms with Gasteiger partial charge in [0, 0.05) is 12.8 Å². The van der Waals surface area contributed by atoms with Crippen molar-refractivity contribution < 1.29 is 14.7 Å². The zero-order valence-electron chi connectivity index (χ0n) is 11.3. The number of carbonyl (C=O) groups excluding carboxylic acids is 1. The second-order valence-corrected chi connectivity index (χ2v) is 4.09. The molecule has 0 aliphatic carbocycles. The third-order valence-corrected chi connectivity index (χ3v) is 2.33. The predicted octanol–water partition coefficient (Wildman–Crippen LogP) is 3.84. The Morgan fingerprint density at radius 1 is 0.947 bits per heavy atom. The first-order valence-corrected chi connectivity index (χ1v) is 6.50. The molecule has 0 rings (SSSR count). The van der Waals surface area contributed by atoms with Crippen LogP contribution in [-0.4, -0.2) is 16.9 Å². The Morgan fingerprint density at radius 3 is 2.32 bits per heavy atom. The van der Waals surface area contributed by atoms with Gasteiger partial charge in [0.1, 0.15) is 0 Å². The number of hydrogen-bond donors (Lipinski definition) is 1. The maximum Gasteiger partial charge on any atom is 0.303 e. The number of carboxylic acid groups (broad SMARTS) is 1. The molecule has 0 saturated heterocycles. The number of carbonyl (C=O) groups is 2. The Labute approximate surface area is 115 Å². The van der Waals surface area contributed by atoms with Gasteiger partial charge in [-0.05, 0) is 31.8 Å². The summed E-state index contributed by atoms with van der Waals surface area (Å²) < 4.78 is 0. The van der Waals surface area contributed by atoms with Crippen LogP contribution in [0.15, 0.2) is 49.1 Å². The van der Waals surface area contributed by atoms with Crippen molar-refractivity contribution in [3.63, 3.8) is 0 Å². The summed E-state index contributed by atoms with van der Waals surface area (Å²) in [6.07, 6.45) is 16.4. The van der Waals surface area contributed by atoms with Gasteiger partial charge in [-0.3, -0.25) is 9.59 Å². The fourth-order valence-electron chi connectivity index (χ4n) is 1.35. The molecule has 3 heteroatoms. The molecule has 0 bridgehead atoms. The monoisotopic (exact) mass is 262 g/mol. The fourth-order valence-corrected chi connectivity index (χ4v) is 1.35. The lowest BCUT2D eigenvalue weighted by atomic mass is 10.1. The molecule has 0 aromatic heterocycles. The molecule has 0 fully saturated rings. The van der Waals surface area contributed by atoms with Gasteiger partial charge in [0.05, 0.1) is 0 Å². The molecule has 0 unspecified atom stereocenters. The molecule has 0 aliphatic rings. The van der Waals surface area contributed by atoms with E-state index in [1.165, 1.54) is 6.08 Å². The third kappa shape index (κ3) is 14.0. The molecular formula is C16H22O3. The lowest BCUT2D eigenvalue weighted by molar-refractivity contribution is -0.137. The summed E-state index contributed by atoms with van der Waals surface area (Å²) in [7, 11) is 0. The van der Waals surface area contributed by atoms with E-state index in [0.29, 0.717) is 19.3 Å². The first-order valence-electron chi connectivity index (χ1n) is 6.50. The summed E-state index contributed by atoms with van der Waals surface area (Å²) in [5.74, 6) is -0.771. The van der Waals surface area contributed by atoms with Crippen molar-refractivity contribution in [2.24, 2.45) is 0 Å². The second-order valence-electron chi connectivity index (χ2n) is 4.09. The van der Waals surface area contributed by atoms with Crippen LogP contribution in [0, 0.1) is 0 Å². The van der Waals surface area contributed by atoms with Gasteiger partial charge in [0.15, 0.2) is 5.78 Å². The number of carboxylic acids is 1. The van der Waals surface area contributed by atoms with E-state index in [0.717, 1.165) is 12.8 Å². The Morgan fingerprint density at radius 2 is 1.63 bits per heavy atom. The van der Waals surface area contributed by atoms with E-state index in [2.05, 4.69) is 6.58 Å². The number of unbranched alkanes of at least 4 members (excludes halogenated alkanes) is 1. The molecule has 0 atom stereocenters. The van der Waals surface area contributed by atoms with E-state index in [9.17, 15) is 9.59 Å². The average molecular weight is 262 g/mol. The van der Waals surface area contributed by atoms with Gasteiger partial charge in [-0.1, -0.05) is 36.5 Å². The van der Waals surface area contributed by atoms with Crippen LogP contribution in [0.2, 0.25) is 0 Å². The molecule has 0 amide bonds. The molecule has 0 aromatic carbocycles. The van der Waals surface area contributed by atoms with E-state index < -0.39 is 5.97 Å². The van der Waals surface area contributed by atoms with Gasteiger partial charge in [-0.15, -0.1) is 6.58 Å². The highest BCUT2D eigenvalue weighted by Gasteiger charge is 1.99. The second kappa shape index (κ2) is 12.6. The lowest BCUT2D eigenvalue weighted by Gasteiger charge is -1.94. The van der Waals surface area contributed by atoms with Gasteiger partial charge >= 0.3 is 5.97 Å². The van der Waals surface area contributed by atoms with E-state index in [4.69, 9.17) is 5.11 Å². The molecule has 0 radical (unpaired) electrons. The first kappa shape index (κ1) is 17.1. The van der Waals surface area contributed by atoms with Gasteiger partial charge in [0.2, 0.25) is 0 Å². The Hall–Kier alpha value is -1.90. The molecular weight excluding hydrogens is 240 g/mol. The standard InChI is InChI=1S/C16H22O3/c1-2-3-4-5-6-7-8-9-12-15(17)13-10-11-14-16(18)19/h2,4-5,7-9,12H,1,3,6,10-11,13-14H2,(H,18,19). The van der Waals surface area contributed by atoms with Crippen LogP contribution in [0.3, 0.4) is 0 Å². The topological polar surface area (TPSA) is 54.4 Å². The summed E-state index contributed by atoms with van der Waals surface area (Å²) in [6.45, 7) is 3.62. The largest absolute Gasteiger partial charge is 0.481 e. The number of aliphatic carboxylic acids is 1. The maximum absolute atomic E-state index is 11.4. The van der Waals surface area contributed by atoms with Crippen molar-refractivity contribution in [1.29, 1.82) is 0 Å². The number of allylic oxidation sites excluding steroid dienone is 7. The molecule has 19 heavy (non-hydrogen) atoms. The van der Waals surface area contributed by atoms with Gasteiger partial charge in [-0.25, -0.2) is 0 Å². The zero-order chi connectivity index (χ0) is 14.3. The highest BCUT2D eigenvalue weighted by atomic mass is 16.4. The minimum Gasteiger partial charge on any atom is -0.481 e. The third-order valence-electron chi connectivity index (χ3n) is 2.33. The summed E-state index contributed by atoms with van der Waals surface area (Å²) in [5.41, 5.74) is 0. The highest BCUT2D eigenvalue weighted by Crippen LogP contribution is 2.01. The summed E-state index contributed by atoms with van der Waals surface area (Å²) in [4.78, 5) is 21.6. The quantitative estimate of drug-likeness (QED) is 0.266. The van der Waals surface area contributed by atoms with Crippen molar-refractivity contribution in [3.8, 4) is 0 Å². The number of rotatable bonds is 11. The van der Waals surface area contributed by atoms with Crippen LogP contribution < -0.4 is 0 Å². The average Bonchev–Trinajstić information content (AvgIpc) is 2.37. The smallest absolute Gasteiger partial charge is 0.303 e. The predicted molar refractivity (Wildman–Crippen MR) is 78.0 cm³/mol. The summed E-state index contributed by atoms with van der Waals surface area (Å²) >= 11 is 0. The zero-order valence-corrected chi connectivity index (χ0v) is 11.3. The van der Waals surface area contributed by atoms with Crippen LogP contribution in [0.5, 0.6) is 0 Å². The maximum atomic E-state index is 11.4. The summed E-state index contributed by atoms with van der Waals surface area (Å²) in [5, 5.41) is 8.44. The molecule has 1 N–H and O–H groups in total. The van der Waals surface area contributed by atoms with E-state index in [-0.39, 0.29) is 12.2 Å². The van der Waals surface area contributed by atoms with Crippen molar-refractivity contribution >= 4 is 11.8 Å². The van der Waals surface area contributed by atoms with Crippen LogP contribution in [0.1, 0.15) is 38.5 Å². The van der Waals surface area contributed by atoms with Gasteiger partial charge < -0.3 is 5.11 Å². The molecule has 104 valence electrons. The molecule has 0 heterocycles. The first-order chi connectivity index (χ1) is 9.16. The lowest BCUT2D eigenvalue weighted by Crippen LogP contribution is -1.96. The normalized spacial score (nSPS) is 11.6. The van der Waals surface area contributed by atoms with Crippen LogP contribution in [-0.2, 0) is 9.59 Å². The molecule has 0 spiro atoms. The Bertz CT molecular complexity index is 362. The van der Waals surface area contributed by atoms with E-state index in [1.807, 2.05) is 30.4 Å². The SMILES string of the molecule is C=CCC=CCC=CC=CC(=O)CCCCC(=O)O. The van der Waals surface area contributed by atoms with Gasteiger partial charge in [0.25, 0.3) is 0 Å². The number of hydrogen-bond acceptors (Lipinski definition) is 2. The number of ketones is 1. The van der Waals surface area contributed by atoms with E-state index >= 15 is 0 Å². The summed E-state index contributed by atoms with van der Waals surface area (Å²) in [6, 6.07) is 0.